The van der Waals surface area contributed by atoms with Gasteiger partial charge in [-0.15, -0.1) is 6.42 Å². The summed E-state index contributed by atoms with van der Waals surface area (Å²) < 4.78 is 7.35. The van der Waals surface area contributed by atoms with E-state index in [1.165, 1.54) is 0 Å². The summed E-state index contributed by atoms with van der Waals surface area (Å²) >= 11 is 0. The molecule has 0 aliphatic rings. The first-order chi connectivity index (χ1) is 11.7. The molecule has 2 aromatic carbocycles. The summed E-state index contributed by atoms with van der Waals surface area (Å²) in [6.45, 7) is 0.200. The minimum atomic E-state index is -0.00611. The van der Waals surface area contributed by atoms with E-state index in [2.05, 4.69) is 5.92 Å². The van der Waals surface area contributed by atoms with Crippen molar-refractivity contribution in [1.82, 2.24) is 4.57 Å². The first-order valence-electron chi connectivity index (χ1n) is 7.61. The van der Waals surface area contributed by atoms with Crippen LogP contribution < -0.4 is 10.2 Å². The van der Waals surface area contributed by atoms with Gasteiger partial charge in [0, 0.05) is 30.6 Å². The molecule has 1 heterocycles. The number of hydrogen-bond donors (Lipinski definition) is 0. The van der Waals surface area contributed by atoms with Crippen LogP contribution in [0.2, 0.25) is 0 Å². The summed E-state index contributed by atoms with van der Waals surface area (Å²) in [4.78, 5) is 13.0. The van der Waals surface area contributed by atoms with Crippen molar-refractivity contribution >= 4 is 0 Å². The lowest BCUT2D eigenvalue weighted by molar-refractivity contribution is 0.370. The van der Waals surface area contributed by atoms with E-state index < -0.39 is 0 Å². The molecule has 0 atom stereocenters. The molecule has 0 aliphatic carbocycles. The van der Waals surface area contributed by atoms with Crippen LogP contribution in [-0.4, -0.2) is 11.2 Å². The molecule has 0 N–H and O–H groups in total. The van der Waals surface area contributed by atoms with Crippen molar-refractivity contribution in [2.24, 2.45) is 7.05 Å². The Bertz CT molecular complexity index is 950. The third-order valence-corrected chi connectivity index (χ3v) is 3.71. The van der Waals surface area contributed by atoms with Crippen molar-refractivity contribution in [3.8, 4) is 40.3 Å². The minimum absolute atomic E-state index is 0.00611. The van der Waals surface area contributed by atoms with Gasteiger partial charge in [0.25, 0.3) is 0 Å². The fourth-order valence-corrected chi connectivity index (χ4v) is 2.61. The Balaban J connectivity index is 2.11. The van der Waals surface area contributed by atoms with Gasteiger partial charge in [0.1, 0.15) is 12.4 Å². The summed E-state index contributed by atoms with van der Waals surface area (Å²) in [6, 6.07) is 17.1. The molecule has 3 rings (SSSR count). The monoisotopic (exact) mass is 315 g/mol. The summed E-state index contributed by atoms with van der Waals surface area (Å²) in [6.07, 6.45) is 8.90. The lowest BCUT2D eigenvalue weighted by atomic mass is 10.0. The number of terminal acetylenes is 1. The molecule has 0 unspecified atom stereocenters. The van der Waals surface area contributed by atoms with Crippen molar-refractivity contribution < 1.29 is 4.74 Å². The highest BCUT2D eigenvalue weighted by Gasteiger charge is 2.11. The highest BCUT2D eigenvalue weighted by atomic mass is 16.5. The zero-order chi connectivity index (χ0) is 16.9. The fraction of sp³-hybridized carbons (Fsp3) is 0.0952. The molecule has 1 aromatic heterocycles. The molecule has 3 aromatic rings. The zero-order valence-corrected chi connectivity index (χ0v) is 13.4. The number of rotatable bonds is 4. The van der Waals surface area contributed by atoms with E-state index in [0.29, 0.717) is 16.9 Å². The van der Waals surface area contributed by atoms with Crippen LogP contribution in [0.3, 0.4) is 0 Å². The van der Waals surface area contributed by atoms with Crippen molar-refractivity contribution in [3.05, 3.63) is 77.2 Å². The van der Waals surface area contributed by atoms with Crippen molar-refractivity contribution in [2.75, 3.05) is 6.61 Å². The number of aryl methyl sites for hydroxylation is 1. The average Bonchev–Trinajstić information content (AvgIpc) is 2.62. The number of pyridine rings is 1. The standard InChI is InChI=1S/C21H17NO2/c1-3-12-24-18-11-7-10-17(13-18)20-15-22(2)14-19(21(20)23)16-8-5-4-6-9-16/h1,4-11,13-15H,12H2,2H3. The molecule has 24 heavy (non-hydrogen) atoms. The van der Waals surface area contributed by atoms with Crippen LogP contribution in [0.4, 0.5) is 0 Å². The molecule has 0 saturated carbocycles. The zero-order valence-electron chi connectivity index (χ0n) is 13.4. The molecule has 0 amide bonds. The van der Waals surface area contributed by atoms with Gasteiger partial charge in [-0.05, 0) is 23.3 Å². The second-order valence-electron chi connectivity index (χ2n) is 5.47. The normalized spacial score (nSPS) is 10.2. The SMILES string of the molecule is C#CCOc1cccc(-c2cn(C)cc(-c3ccccc3)c2=O)c1. The molecule has 3 heteroatoms. The number of hydrogen-bond acceptors (Lipinski definition) is 2. The van der Waals surface area contributed by atoms with Crippen LogP contribution in [0.1, 0.15) is 0 Å². The van der Waals surface area contributed by atoms with Crippen LogP contribution in [-0.2, 0) is 7.05 Å². The molecule has 0 fully saturated rings. The molecular formula is C21H17NO2. The van der Waals surface area contributed by atoms with Gasteiger partial charge in [0.15, 0.2) is 5.43 Å². The average molecular weight is 315 g/mol. The van der Waals surface area contributed by atoms with E-state index in [1.54, 1.807) is 0 Å². The predicted molar refractivity (Wildman–Crippen MR) is 96.9 cm³/mol. The second-order valence-corrected chi connectivity index (χ2v) is 5.47. The van der Waals surface area contributed by atoms with Crippen molar-refractivity contribution in [2.45, 2.75) is 0 Å². The van der Waals surface area contributed by atoms with Gasteiger partial charge in [-0.3, -0.25) is 4.79 Å². The van der Waals surface area contributed by atoms with Crippen LogP contribution in [0.25, 0.3) is 22.3 Å². The molecular weight excluding hydrogens is 298 g/mol. The van der Waals surface area contributed by atoms with Gasteiger partial charge in [-0.25, -0.2) is 0 Å². The third-order valence-electron chi connectivity index (χ3n) is 3.71. The number of ether oxygens (including phenoxy) is 1. The summed E-state index contributed by atoms with van der Waals surface area (Å²) in [5.74, 6) is 3.09. The number of benzene rings is 2. The van der Waals surface area contributed by atoms with E-state index in [-0.39, 0.29) is 12.0 Å². The third kappa shape index (κ3) is 3.23. The summed E-state index contributed by atoms with van der Waals surface area (Å²) in [7, 11) is 1.91. The van der Waals surface area contributed by atoms with Gasteiger partial charge in [0.2, 0.25) is 0 Å². The van der Waals surface area contributed by atoms with Gasteiger partial charge < -0.3 is 9.30 Å². The van der Waals surface area contributed by atoms with E-state index in [9.17, 15) is 4.79 Å². The topological polar surface area (TPSA) is 31.2 Å². The number of aromatic nitrogens is 1. The Morgan fingerprint density at radius 2 is 1.67 bits per heavy atom. The van der Waals surface area contributed by atoms with E-state index in [4.69, 9.17) is 11.2 Å². The van der Waals surface area contributed by atoms with E-state index in [1.807, 2.05) is 78.6 Å². The summed E-state index contributed by atoms with van der Waals surface area (Å²) in [5, 5.41) is 0. The maximum absolute atomic E-state index is 13.0. The van der Waals surface area contributed by atoms with Crippen LogP contribution in [0.5, 0.6) is 5.75 Å². The molecule has 0 saturated heterocycles. The quantitative estimate of drug-likeness (QED) is 0.687. The lowest BCUT2D eigenvalue weighted by Crippen LogP contribution is -2.11. The van der Waals surface area contributed by atoms with Crippen LogP contribution in [0, 0.1) is 12.3 Å². The van der Waals surface area contributed by atoms with Gasteiger partial charge in [-0.1, -0.05) is 48.4 Å². The van der Waals surface area contributed by atoms with Crippen LogP contribution >= 0.6 is 0 Å². The maximum atomic E-state index is 13.0. The van der Waals surface area contributed by atoms with E-state index >= 15 is 0 Å². The van der Waals surface area contributed by atoms with Gasteiger partial charge >= 0.3 is 0 Å². The van der Waals surface area contributed by atoms with Gasteiger partial charge in [0.05, 0.1) is 0 Å². The highest BCUT2D eigenvalue weighted by Crippen LogP contribution is 2.24. The Labute approximate surface area is 141 Å². The Morgan fingerprint density at radius 3 is 2.38 bits per heavy atom. The predicted octanol–water partition coefficient (Wildman–Crippen LogP) is 3.73. The largest absolute Gasteiger partial charge is 0.481 e. The van der Waals surface area contributed by atoms with Crippen LogP contribution in [0.15, 0.2) is 71.8 Å². The first-order valence-corrected chi connectivity index (χ1v) is 7.61. The first kappa shape index (κ1) is 15.6. The fourth-order valence-electron chi connectivity index (χ4n) is 2.61. The van der Waals surface area contributed by atoms with Gasteiger partial charge in [-0.2, -0.15) is 0 Å². The molecule has 0 spiro atoms. The smallest absolute Gasteiger partial charge is 0.197 e. The number of nitrogens with zero attached hydrogens (tertiary/aromatic N) is 1. The summed E-state index contributed by atoms with van der Waals surface area (Å²) in [5.41, 5.74) is 3.01. The Hall–Kier alpha value is -3.25. The van der Waals surface area contributed by atoms with Crippen molar-refractivity contribution in [3.63, 3.8) is 0 Å². The van der Waals surface area contributed by atoms with E-state index in [0.717, 1.165) is 11.1 Å². The molecule has 118 valence electrons. The molecule has 3 nitrogen and oxygen atoms in total. The Morgan fingerprint density at radius 1 is 1.00 bits per heavy atom. The highest BCUT2D eigenvalue weighted by molar-refractivity contribution is 5.72. The Kier molecular flexibility index (Phi) is 4.49. The lowest BCUT2D eigenvalue weighted by Gasteiger charge is -2.10. The second kappa shape index (κ2) is 6.89. The van der Waals surface area contributed by atoms with Crippen molar-refractivity contribution in [1.29, 1.82) is 0 Å². The molecule has 0 radical (unpaired) electrons. The maximum Gasteiger partial charge on any atom is 0.197 e. The molecule has 0 aliphatic heterocycles. The minimum Gasteiger partial charge on any atom is -0.481 e. The molecule has 0 bridgehead atoms.